The van der Waals surface area contributed by atoms with Crippen molar-refractivity contribution in [2.75, 3.05) is 19.6 Å². The summed E-state index contributed by atoms with van der Waals surface area (Å²) >= 11 is 5.86. The van der Waals surface area contributed by atoms with Crippen LogP contribution in [-0.4, -0.2) is 51.9 Å². The van der Waals surface area contributed by atoms with Crippen LogP contribution in [0, 0.1) is 0 Å². The molecule has 1 aliphatic heterocycles. The fourth-order valence-electron chi connectivity index (χ4n) is 3.29. The van der Waals surface area contributed by atoms with E-state index in [0.717, 1.165) is 22.7 Å². The molecular formula is C20H23ClN2O3. The number of hydrogen-bond donors (Lipinski definition) is 2. The van der Waals surface area contributed by atoms with Crippen LogP contribution >= 0.6 is 11.6 Å². The molecule has 1 amide bonds. The molecule has 1 saturated heterocycles. The minimum absolute atomic E-state index is 0.109. The van der Waals surface area contributed by atoms with Crippen molar-refractivity contribution in [1.82, 2.24) is 9.96 Å². The normalized spacial score (nSPS) is 18.7. The first-order valence-electron chi connectivity index (χ1n) is 8.73. The molecule has 2 N–H and O–H groups in total. The molecule has 3 rings (SSSR count). The number of carbonyl (C=O) groups excluding carboxylic acids is 1. The Labute approximate surface area is 158 Å². The summed E-state index contributed by atoms with van der Waals surface area (Å²) in [6.07, 6.45) is 0.448. The van der Waals surface area contributed by atoms with E-state index >= 15 is 0 Å². The summed E-state index contributed by atoms with van der Waals surface area (Å²) in [5.41, 5.74) is 1.81. The van der Waals surface area contributed by atoms with Gasteiger partial charge < -0.3 is 5.11 Å². The number of aliphatic hydroxyl groups excluding tert-OH is 1. The zero-order valence-electron chi connectivity index (χ0n) is 14.5. The molecule has 0 bridgehead atoms. The Kier molecular flexibility index (Phi) is 6.27. The van der Waals surface area contributed by atoms with Gasteiger partial charge in [0.2, 0.25) is 5.91 Å². The van der Waals surface area contributed by atoms with Crippen molar-refractivity contribution in [3.8, 4) is 0 Å². The van der Waals surface area contributed by atoms with Crippen molar-refractivity contribution in [3.63, 3.8) is 0 Å². The first kappa shape index (κ1) is 18.9. The number of hydrogen-bond acceptors (Lipinski definition) is 4. The van der Waals surface area contributed by atoms with Crippen molar-refractivity contribution in [1.29, 1.82) is 0 Å². The van der Waals surface area contributed by atoms with Gasteiger partial charge in [0.15, 0.2) is 0 Å². The molecule has 1 aliphatic rings. The molecule has 2 atom stereocenters. The Morgan fingerprint density at radius 2 is 1.88 bits per heavy atom. The van der Waals surface area contributed by atoms with Crippen molar-refractivity contribution < 1.29 is 15.1 Å². The molecule has 6 heteroatoms. The van der Waals surface area contributed by atoms with Crippen LogP contribution in [-0.2, 0) is 11.2 Å². The van der Waals surface area contributed by atoms with Gasteiger partial charge in [-0.1, -0.05) is 54.1 Å². The maximum atomic E-state index is 12.4. The molecule has 0 unspecified atom stereocenters. The van der Waals surface area contributed by atoms with Gasteiger partial charge in [-0.25, -0.2) is 5.06 Å². The van der Waals surface area contributed by atoms with Gasteiger partial charge in [-0.05, 0) is 29.7 Å². The Morgan fingerprint density at radius 1 is 1.19 bits per heavy atom. The summed E-state index contributed by atoms with van der Waals surface area (Å²) in [6.45, 7) is 1.43. The summed E-state index contributed by atoms with van der Waals surface area (Å²) < 4.78 is 0. The summed E-state index contributed by atoms with van der Waals surface area (Å²) in [5.74, 6) is -0.368. The van der Waals surface area contributed by atoms with Crippen LogP contribution in [0.15, 0.2) is 54.6 Å². The van der Waals surface area contributed by atoms with E-state index < -0.39 is 0 Å². The zero-order chi connectivity index (χ0) is 18.5. The van der Waals surface area contributed by atoms with E-state index in [-0.39, 0.29) is 31.0 Å². The highest BCUT2D eigenvalue weighted by atomic mass is 35.5. The maximum absolute atomic E-state index is 12.4. The molecule has 0 aromatic heterocycles. The van der Waals surface area contributed by atoms with Crippen LogP contribution in [0.4, 0.5) is 0 Å². The molecule has 0 spiro atoms. The zero-order valence-corrected chi connectivity index (χ0v) is 15.2. The molecule has 138 valence electrons. The van der Waals surface area contributed by atoms with Gasteiger partial charge in [-0.2, -0.15) is 0 Å². The van der Waals surface area contributed by atoms with Crippen molar-refractivity contribution in [2.24, 2.45) is 0 Å². The molecule has 0 saturated carbocycles. The van der Waals surface area contributed by atoms with E-state index in [9.17, 15) is 15.1 Å². The number of rotatable bonds is 6. The second-order valence-electron chi connectivity index (χ2n) is 6.64. The van der Waals surface area contributed by atoms with Gasteiger partial charge in [-0.3, -0.25) is 14.9 Å². The van der Waals surface area contributed by atoms with Gasteiger partial charge in [0.05, 0.1) is 25.1 Å². The van der Waals surface area contributed by atoms with Crippen LogP contribution in [0.2, 0.25) is 5.02 Å². The fourth-order valence-corrected chi connectivity index (χ4v) is 3.42. The van der Waals surface area contributed by atoms with Crippen molar-refractivity contribution in [3.05, 3.63) is 70.7 Å². The lowest BCUT2D eigenvalue weighted by atomic mass is 10.0. The quantitative estimate of drug-likeness (QED) is 0.602. The van der Waals surface area contributed by atoms with Gasteiger partial charge >= 0.3 is 0 Å². The maximum Gasteiger partial charge on any atom is 0.250 e. The predicted molar refractivity (Wildman–Crippen MR) is 100 cm³/mol. The lowest BCUT2D eigenvalue weighted by Gasteiger charge is -2.30. The number of benzene rings is 2. The lowest BCUT2D eigenvalue weighted by molar-refractivity contribution is -0.168. The monoisotopic (exact) mass is 374 g/mol. The number of carbonyl (C=O) groups is 1. The van der Waals surface area contributed by atoms with Crippen LogP contribution in [0.25, 0.3) is 0 Å². The molecule has 0 aliphatic carbocycles. The summed E-state index contributed by atoms with van der Waals surface area (Å²) in [5, 5.41) is 21.6. The fraction of sp³-hybridized carbons (Fsp3) is 0.350. The molecule has 5 nitrogen and oxygen atoms in total. The average Bonchev–Trinajstić information content (AvgIpc) is 3.08. The summed E-state index contributed by atoms with van der Waals surface area (Å²) in [6, 6.07) is 16.6. The first-order valence-corrected chi connectivity index (χ1v) is 9.11. The first-order chi connectivity index (χ1) is 12.5. The largest absolute Gasteiger partial charge is 0.392 e. The highest BCUT2D eigenvalue weighted by molar-refractivity contribution is 6.30. The Balaban J connectivity index is 1.69. The molecule has 26 heavy (non-hydrogen) atoms. The van der Waals surface area contributed by atoms with E-state index in [0.29, 0.717) is 18.0 Å². The van der Waals surface area contributed by atoms with Crippen LogP contribution < -0.4 is 0 Å². The standard InChI is InChI=1S/C20H23ClN2O3/c21-17-8-6-15(7-9-17)12-20(25)23(26)14-19(16-4-2-1-3-5-16)22-11-10-18(24)13-22/h1-9,18-19,24,26H,10-14H2/t18-,19-/m0/s1. The third-order valence-corrected chi connectivity index (χ3v) is 4.97. The molecular weight excluding hydrogens is 352 g/mol. The second kappa shape index (κ2) is 8.64. The summed E-state index contributed by atoms with van der Waals surface area (Å²) in [4.78, 5) is 14.5. The van der Waals surface area contributed by atoms with Crippen molar-refractivity contribution in [2.45, 2.75) is 25.0 Å². The van der Waals surface area contributed by atoms with E-state index in [1.165, 1.54) is 0 Å². The topological polar surface area (TPSA) is 64.0 Å². The second-order valence-corrected chi connectivity index (χ2v) is 7.08. The van der Waals surface area contributed by atoms with E-state index in [1.54, 1.807) is 24.3 Å². The Bertz CT molecular complexity index is 724. The molecule has 2 aromatic carbocycles. The third-order valence-electron chi connectivity index (χ3n) is 4.72. The lowest BCUT2D eigenvalue weighted by Crippen LogP contribution is -2.39. The molecule has 1 heterocycles. The number of nitrogens with zero attached hydrogens (tertiary/aromatic N) is 2. The van der Waals surface area contributed by atoms with Crippen molar-refractivity contribution >= 4 is 17.5 Å². The number of halogens is 1. The van der Waals surface area contributed by atoms with Crippen LogP contribution in [0.3, 0.4) is 0 Å². The van der Waals surface area contributed by atoms with Crippen LogP contribution in [0.5, 0.6) is 0 Å². The Morgan fingerprint density at radius 3 is 2.50 bits per heavy atom. The predicted octanol–water partition coefficient (Wildman–Crippen LogP) is 2.91. The highest BCUT2D eigenvalue weighted by Crippen LogP contribution is 2.26. The van der Waals surface area contributed by atoms with Gasteiger partial charge in [-0.15, -0.1) is 0 Å². The summed E-state index contributed by atoms with van der Waals surface area (Å²) in [7, 11) is 0. The molecule has 1 fully saturated rings. The number of β-amino-alcohol motifs (C(OH)–C–C–N with tert-alkyl or cyclic N) is 1. The molecule has 0 radical (unpaired) electrons. The number of aliphatic hydroxyl groups is 1. The van der Waals surface area contributed by atoms with E-state index in [1.807, 2.05) is 30.3 Å². The average molecular weight is 375 g/mol. The van der Waals surface area contributed by atoms with Gasteiger partial charge in [0, 0.05) is 18.1 Å². The molecule has 2 aromatic rings. The SMILES string of the molecule is O=C(Cc1ccc(Cl)cc1)N(O)C[C@@H](c1ccccc1)N1CC[C@H](O)C1. The van der Waals surface area contributed by atoms with E-state index in [2.05, 4.69) is 4.90 Å². The number of hydroxylamine groups is 2. The van der Waals surface area contributed by atoms with Crippen LogP contribution in [0.1, 0.15) is 23.6 Å². The minimum Gasteiger partial charge on any atom is -0.392 e. The highest BCUT2D eigenvalue weighted by Gasteiger charge is 2.30. The van der Waals surface area contributed by atoms with Gasteiger partial charge in [0.1, 0.15) is 0 Å². The Hall–Kier alpha value is -1.92. The smallest absolute Gasteiger partial charge is 0.250 e. The number of amides is 1. The van der Waals surface area contributed by atoms with E-state index in [4.69, 9.17) is 11.6 Å². The number of likely N-dealkylation sites (tertiary alicyclic amines) is 1. The van der Waals surface area contributed by atoms with Gasteiger partial charge in [0.25, 0.3) is 0 Å². The third kappa shape index (κ3) is 4.83. The minimum atomic E-state index is -0.368.